The smallest absolute Gasteiger partial charge is 0.167 e. The second kappa shape index (κ2) is 6.96. The minimum absolute atomic E-state index is 0.0126. The van der Waals surface area contributed by atoms with Crippen molar-refractivity contribution in [1.82, 2.24) is 4.90 Å². The molecule has 0 aliphatic carbocycles. The van der Waals surface area contributed by atoms with Gasteiger partial charge in [0.1, 0.15) is 0 Å². The normalized spacial score (nSPS) is 21.0. The van der Waals surface area contributed by atoms with Crippen LogP contribution in [0, 0.1) is 5.92 Å². The van der Waals surface area contributed by atoms with Crippen molar-refractivity contribution in [2.75, 3.05) is 39.1 Å². The topological polar surface area (TPSA) is 23.6 Å². The minimum atomic E-state index is -0.0126. The van der Waals surface area contributed by atoms with E-state index in [0.717, 1.165) is 18.7 Å². The van der Waals surface area contributed by atoms with E-state index >= 15 is 0 Å². The average molecular weight is 343 g/mol. The lowest BCUT2D eigenvalue weighted by Gasteiger charge is -2.19. The lowest BCUT2D eigenvalue weighted by atomic mass is 9.84. The minimum Gasteiger partial charge on any atom is -0.378 e. The zero-order valence-electron chi connectivity index (χ0n) is 14.4. The Labute approximate surface area is 148 Å². The van der Waals surface area contributed by atoms with Gasteiger partial charge in [-0.05, 0) is 49.0 Å². The molecule has 0 N–H and O–H groups in total. The number of likely N-dealkylation sites (tertiary alicyclic amines) is 1. The highest BCUT2D eigenvalue weighted by Crippen LogP contribution is 2.35. The quantitative estimate of drug-likeness (QED) is 0.786. The Morgan fingerprint density at radius 3 is 2.25 bits per heavy atom. The van der Waals surface area contributed by atoms with Gasteiger partial charge in [0.15, 0.2) is 5.78 Å². The second-order valence-corrected chi connectivity index (χ2v) is 7.23. The lowest BCUT2D eigenvalue weighted by molar-refractivity contribution is 0.0915. The highest BCUT2D eigenvalue weighted by atomic mass is 35.5. The van der Waals surface area contributed by atoms with E-state index < -0.39 is 0 Å². The molecule has 2 aromatic carbocycles. The molecular weight excluding hydrogens is 320 g/mol. The van der Waals surface area contributed by atoms with E-state index in [2.05, 4.69) is 41.1 Å². The molecule has 2 atom stereocenters. The predicted molar refractivity (Wildman–Crippen MR) is 100 cm³/mol. The molecule has 0 aromatic heterocycles. The fourth-order valence-electron chi connectivity index (χ4n) is 3.45. The van der Waals surface area contributed by atoms with Gasteiger partial charge < -0.3 is 9.80 Å². The summed E-state index contributed by atoms with van der Waals surface area (Å²) in [7, 11) is 6.15. The summed E-state index contributed by atoms with van der Waals surface area (Å²) in [5.74, 6) is 0.425. The maximum absolute atomic E-state index is 13.0. The Bertz CT molecular complexity index is 709. The van der Waals surface area contributed by atoms with Gasteiger partial charge in [-0.2, -0.15) is 0 Å². The van der Waals surface area contributed by atoms with E-state index in [1.54, 1.807) is 12.1 Å². The van der Waals surface area contributed by atoms with E-state index in [0.29, 0.717) is 5.02 Å². The number of Topliss-reactive ketones (excluding diaryl/α,β-unsaturated/α-hetero) is 1. The van der Waals surface area contributed by atoms with Crippen LogP contribution in [0.3, 0.4) is 0 Å². The summed E-state index contributed by atoms with van der Waals surface area (Å²) in [6.45, 7) is 1.70. The SMILES string of the molecule is CN1C[C@@H](C(=O)c2ccc(Cl)cc2)[C@H](c2ccc(N(C)C)cc2)C1. The molecule has 1 aliphatic heterocycles. The van der Waals surface area contributed by atoms with Crippen LogP contribution in [0.2, 0.25) is 5.02 Å². The molecule has 1 saturated heterocycles. The van der Waals surface area contributed by atoms with Crippen LogP contribution < -0.4 is 4.90 Å². The molecule has 0 radical (unpaired) electrons. The Kier molecular flexibility index (Phi) is 4.93. The molecule has 126 valence electrons. The van der Waals surface area contributed by atoms with Crippen molar-refractivity contribution in [2.24, 2.45) is 5.92 Å². The fraction of sp³-hybridized carbons (Fsp3) is 0.350. The van der Waals surface area contributed by atoms with Crippen LogP contribution in [-0.2, 0) is 0 Å². The van der Waals surface area contributed by atoms with E-state index in [9.17, 15) is 4.79 Å². The molecule has 0 spiro atoms. The van der Waals surface area contributed by atoms with Crippen molar-refractivity contribution < 1.29 is 4.79 Å². The van der Waals surface area contributed by atoms with Gasteiger partial charge >= 0.3 is 0 Å². The van der Waals surface area contributed by atoms with Crippen molar-refractivity contribution >= 4 is 23.1 Å². The number of ketones is 1. The molecule has 1 heterocycles. The van der Waals surface area contributed by atoms with Crippen molar-refractivity contribution in [1.29, 1.82) is 0 Å². The Hall–Kier alpha value is -1.84. The number of hydrogen-bond donors (Lipinski definition) is 0. The molecule has 3 rings (SSSR count). The molecule has 0 saturated carbocycles. The van der Waals surface area contributed by atoms with Gasteiger partial charge in [0, 0.05) is 55.3 Å². The number of halogens is 1. The van der Waals surface area contributed by atoms with Crippen molar-refractivity contribution in [3.8, 4) is 0 Å². The van der Waals surface area contributed by atoms with E-state index in [-0.39, 0.29) is 17.6 Å². The summed E-state index contributed by atoms with van der Waals surface area (Å²) >= 11 is 5.94. The third-order valence-corrected chi connectivity index (χ3v) is 5.06. The molecule has 0 amide bonds. The molecule has 3 nitrogen and oxygen atoms in total. The first-order valence-electron chi connectivity index (χ1n) is 8.21. The first-order chi connectivity index (χ1) is 11.5. The third kappa shape index (κ3) is 3.47. The fourth-order valence-corrected chi connectivity index (χ4v) is 3.58. The summed E-state index contributed by atoms with van der Waals surface area (Å²) in [4.78, 5) is 17.3. The van der Waals surface area contributed by atoms with Gasteiger partial charge in [-0.1, -0.05) is 23.7 Å². The summed E-state index contributed by atoms with van der Waals surface area (Å²) in [6.07, 6.45) is 0. The number of anilines is 1. The highest BCUT2D eigenvalue weighted by Gasteiger charge is 2.37. The van der Waals surface area contributed by atoms with Crippen molar-refractivity contribution in [2.45, 2.75) is 5.92 Å². The monoisotopic (exact) mass is 342 g/mol. The van der Waals surface area contributed by atoms with Gasteiger partial charge in [-0.15, -0.1) is 0 Å². The van der Waals surface area contributed by atoms with Crippen molar-refractivity contribution in [3.63, 3.8) is 0 Å². The predicted octanol–water partition coefficient (Wildman–Crippen LogP) is 3.93. The van der Waals surface area contributed by atoms with E-state index in [1.165, 1.54) is 11.3 Å². The van der Waals surface area contributed by atoms with Gasteiger partial charge in [0.2, 0.25) is 0 Å². The molecule has 0 unspecified atom stereocenters. The second-order valence-electron chi connectivity index (χ2n) is 6.79. The molecule has 24 heavy (non-hydrogen) atoms. The first-order valence-corrected chi connectivity index (χ1v) is 8.59. The van der Waals surface area contributed by atoms with Crippen LogP contribution in [0.1, 0.15) is 21.8 Å². The molecular formula is C20H23ClN2O. The molecule has 4 heteroatoms. The lowest BCUT2D eigenvalue weighted by Crippen LogP contribution is -2.22. The van der Waals surface area contributed by atoms with Gasteiger partial charge in [-0.25, -0.2) is 0 Å². The van der Waals surface area contributed by atoms with Gasteiger partial charge in [0.05, 0.1) is 0 Å². The summed E-state index contributed by atoms with van der Waals surface area (Å²) in [5.41, 5.74) is 3.15. The standard InChI is InChI=1S/C20H23ClN2O/c1-22(2)17-10-6-14(7-11-17)18-12-23(3)13-19(18)20(24)15-4-8-16(21)9-5-15/h4-11,18-19H,12-13H2,1-3H3/t18-,19+/m0/s1. The van der Waals surface area contributed by atoms with E-state index in [1.807, 2.05) is 26.2 Å². The number of benzene rings is 2. The number of rotatable bonds is 4. The van der Waals surface area contributed by atoms with Gasteiger partial charge in [0.25, 0.3) is 0 Å². The zero-order valence-corrected chi connectivity index (χ0v) is 15.1. The maximum atomic E-state index is 13.0. The van der Waals surface area contributed by atoms with Crippen LogP contribution in [0.15, 0.2) is 48.5 Å². The Balaban J connectivity index is 1.86. The highest BCUT2D eigenvalue weighted by molar-refractivity contribution is 6.30. The zero-order chi connectivity index (χ0) is 17.3. The molecule has 0 bridgehead atoms. The Morgan fingerprint density at radius 1 is 1.04 bits per heavy atom. The molecule has 1 aliphatic rings. The van der Waals surface area contributed by atoms with Crippen LogP contribution in [0.4, 0.5) is 5.69 Å². The van der Waals surface area contributed by atoms with Crippen molar-refractivity contribution in [3.05, 3.63) is 64.7 Å². The summed E-state index contributed by atoms with van der Waals surface area (Å²) in [5, 5.41) is 0.658. The first kappa shape index (κ1) is 17.0. The number of nitrogens with zero attached hydrogens (tertiary/aromatic N) is 2. The number of carbonyl (C=O) groups excluding carboxylic acids is 1. The van der Waals surface area contributed by atoms with Crippen LogP contribution in [0.25, 0.3) is 0 Å². The maximum Gasteiger partial charge on any atom is 0.167 e. The van der Waals surface area contributed by atoms with E-state index in [4.69, 9.17) is 11.6 Å². The number of hydrogen-bond acceptors (Lipinski definition) is 3. The average Bonchev–Trinajstić information content (AvgIpc) is 2.97. The molecule has 2 aromatic rings. The number of carbonyl (C=O) groups is 1. The molecule has 1 fully saturated rings. The summed E-state index contributed by atoms with van der Waals surface area (Å²) in [6, 6.07) is 15.8. The Morgan fingerprint density at radius 2 is 1.67 bits per heavy atom. The van der Waals surface area contributed by atoms with Crippen LogP contribution in [-0.4, -0.2) is 44.9 Å². The van der Waals surface area contributed by atoms with Crippen LogP contribution >= 0.6 is 11.6 Å². The largest absolute Gasteiger partial charge is 0.378 e. The third-order valence-electron chi connectivity index (χ3n) is 4.81. The number of likely N-dealkylation sites (N-methyl/N-ethyl adjacent to an activating group) is 1. The summed E-state index contributed by atoms with van der Waals surface area (Å²) < 4.78 is 0. The van der Waals surface area contributed by atoms with Crippen LogP contribution in [0.5, 0.6) is 0 Å². The van der Waals surface area contributed by atoms with Gasteiger partial charge in [-0.3, -0.25) is 4.79 Å².